The fourth-order valence-corrected chi connectivity index (χ4v) is 1.55. The lowest BCUT2D eigenvalue weighted by molar-refractivity contribution is 1.32. The molecule has 0 aliphatic rings. The SMILES string of the molecule is Cc1ccccc1C#CCc1ccccc1. The van der Waals surface area contributed by atoms with Crippen molar-refractivity contribution < 1.29 is 0 Å². The molecular weight excluding hydrogens is 192 g/mol. The Morgan fingerprint density at radius 3 is 2.31 bits per heavy atom. The molecule has 16 heavy (non-hydrogen) atoms. The van der Waals surface area contributed by atoms with Gasteiger partial charge >= 0.3 is 0 Å². The third kappa shape index (κ3) is 2.74. The second kappa shape index (κ2) is 5.19. The summed E-state index contributed by atoms with van der Waals surface area (Å²) < 4.78 is 0. The summed E-state index contributed by atoms with van der Waals surface area (Å²) in [6.45, 7) is 2.09. The van der Waals surface area contributed by atoms with Gasteiger partial charge in [0.2, 0.25) is 0 Å². The minimum atomic E-state index is 0.815. The molecule has 2 aromatic rings. The van der Waals surface area contributed by atoms with E-state index in [0.29, 0.717) is 0 Å². The van der Waals surface area contributed by atoms with E-state index in [1.807, 2.05) is 30.3 Å². The Labute approximate surface area is 96.9 Å². The standard InChI is InChI=1S/C16H14/c1-14-8-5-6-12-16(14)13-7-11-15-9-3-2-4-10-15/h2-6,8-10,12H,11H2,1H3. The smallest absolute Gasteiger partial charge is 0.0344 e. The zero-order chi connectivity index (χ0) is 11.2. The van der Waals surface area contributed by atoms with Crippen LogP contribution in [0.4, 0.5) is 0 Å². The summed E-state index contributed by atoms with van der Waals surface area (Å²) in [4.78, 5) is 0. The topological polar surface area (TPSA) is 0 Å². The summed E-state index contributed by atoms with van der Waals surface area (Å²) >= 11 is 0. The average Bonchev–Trinajstić information content (AvgIpc) is 2.33. The second-order valence-electron chi connectivity index (χ2n) is 3.78. The molecule has 0 saturated heterocycles. The molecule has 0 aliphatic heterocycles. The molecular formula is C16H14. The number of benzene rings is 2. The van der Waals surface area contributed by atoms with E-state index >= 15 is 0 Å². The molecule has 0 bridgehead atoms. The van der Waals surface area contributed by atoms with E-state index in [2.05, 4.69) is 43.0 Å². The molecule has 0 aliphatic carbocycles. The Morgan fingerprint density at radius 2 is 1.56 bits per heavy atom. The van der Waals surface area contributed by atoms with Crippen LogP contribution in [0.5, 0.6) is 0 Å². The quantitative estimate of drug-likeness (QED) is 0.625. The maximum Gasteiger partial charge on any atom is 0.0344 e. The van der Waals surface area contributed by atoms with Gasteiger partial charge in [0, 0.05) is 12.0 Å². The van der Waals surface area contributed by atoms with Crippen LogP contribution >= 0.6 is 0 Å². The molecule has 0 fully saturated rings. The maximum absolute atomic E-state index is 3.21. The van der Waals surface area contributed by atoms with Crippen LogP contribution in [0.1, 0.15) is 16.7 Å². The summed E-state index contributed by atoms with van der Waals surface area (Å²) in [7, 11) is 0. The molecule has 0 saturated carbocycles. The van der Waals surface area contributed by atoms with Gasteiger partial charge in [0.15, 0.2) is 0 Å². The van der Waals surface area contributed by atoms with Crippen molar-refractivity contribution in [3.8, 4) is 11.8 Å². The lowest BCUT2D eigenvalue weighted by Gasteiger charge is -1.95. The maximum atomic E-state index is 3.21. The Morgan fingerprint density at radius 1 is 0.875 bits per heavy atom. The highest BCUT2D eigenvalue weighted by molar-refractivity contribution is 5.41. The van der Waals surface area contributed by atoms with Gasteiger partial charge in [-0.3, -0.25) is 0 Å². The van der Waals surface area contributed by atoms with E-state index in [1.165, 1.54) is 11.1 Å². The van der Waals surface area contributed by atoms with Crippen molar-refractivity contribution in [2.45, 2.75) is 13.3 Å². The number of aryl methyl sites for hydroxylation is 1. The summed E-state index contributed by atoms with van der Waals surface area (Å²) in [5, 5.41) is 0. The predicted octanol–water partition coefficient (Wildman–Crippen LogP) is 3.59. The molecule has 0 aromatic heterocycles. The van der Waals surface area contributed by atoms with Gasteiger partial charge in [-0.1, -0.05) is 60.4 Å². The van der Waals surface area contributed by atoms with Crippen molar-refractivity contribution in [1.82, 2.24) is 0 Å². The van der Waals surface area contributed by atoms with Gasteiger partial charge in [-0.05, 0) is 24.1 Å². The van der Waals surface area contributed by atoms with Crippen LogP contribution in [-0.2, 0) is 6.42 Å². The van der Waals surface area contributed by atoms with E-state index in [9.17, 15) is 0 Å². The monoisotopic (exact) mass is 206 g/mol. The molecule has 2 aromatic carbocycles. The van der Waals surface area contributed by atoms with Crippen LogP contribution < -0.4 is 0 Å². The Bertz CT molecular complexity index is 512. The van der Waals surface area contributed by atoms with Gasteiger partial charge in [-0.15, -0.1) is 0 Å². The number of rotatable bonds is 1. The lowest BCUT2D eigenvalue weighted by Crippen LogP contribution is -1.82. The zero-order valence-corrected chi connectivity index (χ0v) is 9.40. The zero-order valence-electron chi connectivity index (χ0n) is 9.40. The molecule has 0 heteroatoms. The van der Waals surface area contributed by atoms with Crippen LogP contribution in [-0.4, -0.2) is 0 Å². The molecule has 0 unspecified atom stereocenters. The first-order valence-corrected chi connectivity index (χ1v) is 5.45. The van der Waals surface area contributed by atoms with Crippen molar-refractivity contribution in [2.75, 3.05) is 0 Å². The van der Waals surface area contributed by atoms with Crippen LogP contribution in [0.3, 0.4) is 0 Å². The van der Waals surface area contributed by atoms with E-state index < -0.39 is 0 Å². The number of hydrogen-bond donors (Lipinski definition) is 0. The fourth-order valence-electron chi connectivity index (χ4n) is 1.55. The first-order chi connectivity index (χ1) is 7.86. The molecule has 2 rings (SSSR count). The summed E-state index contributed by atoms with van der Waals surface area (Å²) in [5.74, 6) is 6.42. The van der Waals surface area contributed by atoms with Crippen LogP contribution in [0.2, 0.25) is 0 Å². The Kier molecular flexibility index (Phi) is 3.41. The first kappa shape index (κ1) is 10.5. The van der Waals surface area contributed by atoms with Crippen LogP contribution in [0.25, 0.3) is 0 Å². The molecule has 0 N–H and O–H groups in total. The summed E-state index contributed by atoms with van der Waals surface area (Å²) in [5.41, 5.74) is 3.63. The van der Waals surface area contributed by atoms with Gasteiger partial charge in [-0.25, -0.2) is 0 Å². The Balaban J connectivity index is 2.10. The highest BCUT2D eigenvalue weighted by Gasteiger charge is 1.90. The average molecular weight is 206 g/mol. The normalized spacial score (nSPS) is 9.31. The molecule has 0 radical (unpaired) electrons. The molecule has 0 atom stereocenters. The Hall–Kier alpha value is -2.00. The molecule has 0 spiro atoms. The highest BCUT2D eigenvalue weighted by Crippen LogP contribution is 2.05. The third-order valence-corrected chi connectivity index (χ3v) is 2.50. The molecule has 0 nitrogen and oxygen atoms in total. The van der Waals surface area contributed by atoms with Crippen molar-refractivity contribution in [2.24, 2.45) is 0 Å². The number of hydrogen-bond acceptors (Lipinski definition) is 0. The van der Waals surface area contributed by atoms with E-state index in [1.54, 1.807) is 0 Å². The summed E-state index contributed by atoms with van der Waals surface area (Å²) in [6, 6.07) is 18.5. The second-order valence-corrected chi connectivity index (χ2v) is 3.78. The van der Waals surface area contributed by atoms with Crippen LogP contribution in [0, 0.1) is 18.8 Å². The van der Waals surface area contributed by atoms with Gasteiger partial charge in [-0.2, -0.15) is 0 Å². The van der Waals surface area contributed by atoms with Crippen molar-refractivity contribution in [3.63, 3.8) is 0 Å². The van der Waals surface area contributed by atoms with E-state index in [0.717, 1.165) is 12.0 Å². The third-order valence-electron chi connectivity index (χ3n) is 2.50. The highest BCUT2D eigenvalue weighted by atomic mass is 13.9. The minimum absolute atomic E-state index is 0.815. The van der Waals surface area contributed by atoms with Gasteiger partial charge < -0.3 is 0 Å². The molecule has 0 heterocycles. The van der Waals surface area contributed by atoms with Crippen molar-refractivity contribution in [1.29, 1.82) is 0 Å². The molecule has 0 amide bonds. The summed E-state index contributed by atoms with van der Waals surface area (Å²) in [6.07, 6.45) is 0.815. The van der Waals surface area contributed by atoms with Gasteiger partial charge in [0.25, 0.3) is 0 Å². The van der Waals surface area contributed by atoms with Gasteiger partial charge in [0.1, 0.15) is 0 Å². The molecule has 78 valence electrons. The predicted molar refractivity (Wildman–Crippen MR) is 68.2 cm³/mol. The minimum Gasteiger partial charge on any atom is -0.0931 e. The van der Waals surface area contributed by atoms with E-state index in [4.69, 9.17) is 0 Å². The fraction of sp³-hybridized carbons (Fsp3) is 0.125. The first-order valence-electron chi connectivity index (χ1n) is 5.45. The van der Waals surface area contributed by atoms with E-state index in [-0.39, 0.29) is 0 Å². The van der Waals surface area contributed by atoms with Crippen LogP contribution in [0.15, 0.2) is 54.6 Å². The lowest BCUT2D eigenvalue weighted by atomic mass is 10.1. The van der Waals surface area contributed by atoms with Crippen molar-refractivity contribution in [3.05, 3.63) is 71.3 Å². The van der Waals surface area contributed by atoms with Crippen molar-refractivity contribution >= 4 is 0 Å². The van der Waals surface area contributed by atoms with Gasteiger partial charge in [0.05, 0.1) is 0 Å². The largest absolute Gasteiger partial charge is 0.0931 e.